The van der Waals surface area contributed by atoms with E-state index in [1.54, 1.807) is 18.1 Å². The lowest BCUT2D eigenvalue weighted by Gasteiger charge is -2.21. The quantitative estimate of drug-likeness (QED) is 0.779. The molecule has 1 aromatic heterocycles. The summed E-state index contributed by atoms with van der Waals surface area (Å²) in [7, 11) is 1.61. The SMILES string of the molecule is COCCN(CCN)C(=O)c1cccc(C)n1. The Kier molecular flexibility index (Phi) is 5.59. The number of nitrogens with zero attached hydrogens (tertiary/aromatic N) is 2. The zero-order valence-electron chi connectivity index (χ0n) is 10.3. The number of ether oxygens (including phenoxy) is 1. The standard InChI is InChI=1S/C12H19N3O2/c1-10-4-3-5-11(14-10)12(16)15(7-6-13)8-9-17-2/h3-5H,6-9,13H2,1-2H3. The Morgan fingerprint density at radius 1 is 1.47 bits per heavy atom. The van der Waals surface area contributed by atoms with Crippen LogP contribution in [-0.4, -0.2) is 49.1 Å². The molecule has 0 saturated carbocycles. The minimum atomic E-state index is -0.101. The van der Waals surface area contributed by atoms with Crippen LogP contribution in [0.3, 0.4) is 0 Å². The Labute approximate surface area is 102 Å². The first-order chi connectivity index (χ1) is 8.19. The first kappa shape index (κ1) is 13.6. The van der Waals surface area contributed by atoms with Crippen LogP contribution < -0.4 is 5.73 Å². The molecular formula is C12H19N3O2. The van der Waals surface area contributed by atoms with E-state index >= 15 is 0 Å². The summed E-state index contributed by atoms with van der Waals surface area (Å²) < 4.78 is 4.97. The maximum atomic E-state index is 12.1. The van der Waals surface area contributed by atoms with Gasteiger partial charge in [0.2, 0.25) is 0 Å². The van der Waals surface area contributed by atoms with Crippen LogP contribution in [0.1, 0.15) is 16.2 Å². The second kappa shape index (κ2) is 6.98. The first-order valence-electron chi connectivity index (χ1n) is 5.61. The van der Waals surface area contributed by atoms with Crippen LogP contribution >= 0.6 is 0 Å². The molecule has 0 atom stereocenters. The van der Waals surface area contributed by atoms with E-state index in [0.717, 1.165) is 5.69 Å². The number of hydrogen-bond donors (Lipinski definition) is 1. The topological polar surface area (TPSA) is 68.5 Å². The summed E-state index contributed by atoms with van der Waals surface area (Å²) in [5, 5.41) is 0. The smallest absolute Gasteiger partial charge is 0.272 e. The van der Waals surface area contributed by atoms with Gasteiger partial charge in [-0.2, -0.15) is 0 Å². The maximum Gasteiger partial charge on any atom is 0.272 e. The van der Waals surface area contributed by atoms with Gasteiger partial charge >= 0.3 is 0 Å². The number of aromatic nitrogens is 1. The first-order valence-corrected chi connectivity index (χ1v) is 5.61. The van der Waals surface area contributed by atoms with Crippen LogP contribution in [0.5, 0.6) is 0 Å². The van der Waals surface area contributed by atoms with Gasteiger partial charge in [0.1, 0.15) is 5.69 Å². The van der Waals surface area contributed by atoms with Crippen LogP contribution in [-0.2, 0) is 4.74 Å². The number of aryl methyl sites for hydroxylation is 1. The summed E-state index contributed by atoms with van der Waals surface area (Å²) in [4.78, 5) is 18.0. The number of rotatable bonds is 6. The Morgan fingerprint density at radius 3 is 2.82 bits per heavy atom. The Morgan fingerprint density at radius 2 is 2.24 bits per heavy atom. The van der Waals surface area contributed by atoms with Crippen molar-refractivity contribution >= 4 is 5.91 Å². The van der Waals surface area contributed by atoms with E-state index in [-0.39, 0.29) is 5.91 Å². The summed E-state index contributed by atoms with van der Waals surface area (Å²) in [5.41, 5.74) is 6.77. The number of hydrogen-bond acceptors (Lipinski definition) is 4. The van der Waals surface area contributed by atoms with Gasteiger partial charge in [-0.05, 0) is 19.1 Å². The van der Waals surface area contributed by atoms with Gasteiger partial charge in [0.25, 0.3) is 5.91 Å². The molecule has 0 radical (unpaired) electrons. The number of carbonyl (C=O) groups is 1. The van der Waals surface area contributed by atoms with Gasteiger partial charge in [-0.1, -0.05) is 6.07 Å². The molecule has 0 aliphatic rings. The Balaban J connectivity index is 2.76. The fourth-order valence-electron chi connectivity index (χ4n) is 1.50. The molecule has 2 N–H and O–H groups in total. The monoisotopic (exact) mass is 237 g/mol. The molecular weight excluding hydrogens is 218 g/mol. The van der Waals surface area contributed by atoms with Gasteiger partial charge in [0, 0.05) is 32.4 Å². The predicted octanol–water partition coefficient (Wildman–Crippen LogP) is 0.437. The lowest BCUT2D eigenvalue weighted by atomic mass is 10.2. The van der Waals surface area contributed by atoms with Crippen molar-refractivity contribution < 1.29 is 9.53 Å². The summed E-state index contributed by atoms with van der Waals surface area (Å²) in [6, 6.07) is 5.40. The molecule has 5 heteroatoms. The van der Waals surface area contributed by atoms with Crippen LogP contribution in [0, 0.1) is 6.92 Å². The van der Waals surface area contributed by atoms with Gasteiger partial charge in [0.05, 0.1) is 6.61 Å². The average Bonchev–Trinajstić information content (AvgIpc) is 2.33. The summed E-state index contributed by atoms with van der Waals surface area (Å²) in [6.07, 6.45) is 0. The molecule has 17 heavy (non-hydrogen) atoms. The van der Waals surface area contributed by atoms with Crippen molar-refractivity contribution in [1.29, 1.82) is 0 Å². The fraction of sp³-hybridized carbons (Fsp3) is 0.500. The number of pyridine rings is 1. The summed E-state index contributed by atoms with van der Waals surface area (Å²) in [6.45, 7) is 3.83. The Bertz CT molecular complexity index is 369. The largest absolute Gasteiger partial charge is 0.383 e. The van der Waals surface area contributed by atoms with Crippen molar-refractivity contribution in [1.82, 2.24) is 9.88 Å². The molecule has 0 bridgehead atoms. The molecule has 0 fully saturated rings. The van der Waals surface area contributed by atoms with E-state index in [1.807, 2.05) is 19.1 Å². The van der Waals surface area contributed by atoms with Gasteiger partial charge in [0.15, 0.2) is 0 Å². The highest BCUT2D eigenvalue weighted by molar-refractivity contribution is 5.92. The summed E-state index contributed by atoms with van der Waals surface area (Å²) in [5.74, 6) is -0.101. The van der Waals surface area contributed by atoms with Gasteiger partial charge < -0.3 is 15.4 Å². The molecule has 0 saturated heterocycles. The molecule has 0 spiro atoms. The highest BCUT2D eigenvalue weighted by Crippen LogP contribution is 2.03. The fourth-order valence-corrected chi connectivity index (χ4v) is 1.50. The van der Waals surface area contributed by atoms with Crippen molar-refractivity contribution in [2.24, 2.45) is 5.73 Å². The second-order valence-electron chi connectivity index (χ2n) is 3.74. The van der Waals surface area contributed by atoms with Gasteiger partial charge in [-0.15, -0.1) is 0 Å². The molecule has 1 heterocycles. The third-order valence-corrected chi connectivity index (χ3v) is 2.36. The van der Waals surface area contributed by atoms with E-state index < -0.39 is 0 Å². The zero-order chi connectivity index (χ0) is 12.7. The molecule has 0 aliphatic carbocycles. The minimum Gasteiger partial charge on any atom is -0.383 e. The lowest BCUT2D eigenvalue weighted by Crippen LogP contribution is -2.38. The van der Waals surface area contributed by atoms with Crippen molar-refractivity contribution in [3.8, 4) is 0 Å². The number of amides is 1. The number of methoxy groups -OCH3 is 1. The van der Waals surface area contributed by atoms with Crippen LogP contribution in [0.15, 0.2) is 18.2 Å². The normalized spacial score (nSPS) is 10.3. The molecule has 0 aliphatic heterocycles. The maximum absolute atomic E-state index is 12.1. The van der Waals surface area contributed by atoms with E-state index in [9.17, 15) is 4.79 Å². The van der Waals surface area contributed by atoms with Crippen LogP contribution in [0.4, 0.5) is 0 Å². The van der Waals surface area contributed by atoms with E-state index in [4.69, 9.17) is 10.5 Å². The van der Waals surface area contributed by atoms with Crippen LogP contribution in [0.2, 0.25) is 0 Å². The lowest BCUT2D eigenvalue weighted by molar-refractivity contribution is 0.0695. The highest BCUT2D eigenvalue weighted by Gasteiger charge is 2.15. The zero-order valence-corrected chi connectivity index (χ0v) is 10.3. The van der Waals surface area contributed by atoms with E-state index in [1.165, 1.54) is 0 Å². The van der Waals surface area contributed by atoms with Crippen molar-refractivity contribution in [2.75, 3.05) is 33.4 Å². The average molecular weight is 237 g/mol. The molecule has 0 unspecified atom stereocenters. The predicted molar refractivity (Wildman–Crippen MR) is 65.8 cm³/mol. The van der Waals surface area contributed by atoms with Gasteiger partial charge in [-0.25, -0.2) is 4.98 Å². The van der Waals surface area contributed by atoms with Gasteiger partial charge in [-0.3, -0.25) is 4.79 Å². The van der Waals surface area contributed by atoms with E-state index in [0.29, 0.717) is 31.9 Å². The molecule has 1 rings (SSSR count). The second-order valence-corrected chi connectivity index (χ2v) is 3.74. The number of nitrogens with two attached hydrogens (primary N) is 1. The molecule has 0 aromatic carbocycles. The molecule has 94 valence electrons. The molecule has 1 aromatic rings. The Hall–Kier alpha value is -1.46. The third kappa shape index (κ3) is 4.13. The molecule has 5 nitrogen and oxygen atoms in total. The van der Waals surface area contributed by atoms with Crippen molar-refractivity contribution in [3.63, 3.8) is 0 Å². The minimum absolute atomic E-state index is 0.101. The van der Waals surface area contributed by atoms with E-state index in [2.05, 4.69) is 4.98 Å². The summed E-state index contributed by atoms with van der Waals surface area (Å²) >= 11 is 0. The van der Waals surface area contributed by atoms with Crippen LogP contribution in [0.25, 0.3) is 0 Å². The number of carbonyl (C=O) groups excluding carboxylic acids is 1. The third-order valence-electron chi connectivity index (χ3n) is 2.36. The van der Waals surface area contributed by atoms with Crippen molar-refractivity contribution in [2.45, 2.75) is 6.92 Å². The molecule has 1 amide bonds. The van der Waals surface area contributed by atoms with Crippen molar-refractivity contribution in [3.05, 3.63) is 29.6 Å². The highest BCUT2D eigenvalue weighted by atomic mass is 16.5.